The lowest BCUT2D eigenvalue weighted by atomic mass is 10.1. The van der Waals surface area contributed by atoms with Crippen LogP contribution in [0.4, 0.5) is 0 Å². The molecule has 0 aliphatic carbocycles. The van der Waals surface area contributed by atoms with E-state index in [-0.39, 0.29) is 18.5 Å². The van der Waals surface area contributed by atoms with Gasteiger partial charge in [-0.05, 0) is 19.8 Å². The molecule has 88 valence electrons. The quantitative estimate of drug-likeness (QED) is 0.652. The molecule has 4 nitrogen and oxygen atoms in total. The number of carbonyl (C=O) groups is 1. The molecule has 0 aliphatic rings. The average molecular weight is 213 g/mol. The minimum atomic E-state index is -0.175. The lowest BCUT2D eigenvalue weighted by molar-refractivity contribution is -0.132. The van der Waals surface area contributed by atoms with Gasteiger partial charge in [-0.1, -0.05) is 13.8 Å². The smallest absolute Gasteiger partial charge is 0.223 e. The molecule has 15 heavy (non-hydrogen) atoms. The fourth-order valence-electron chi connectivity index (χ4n) is 1.49. The van der Waals surface area contributed by atoms with Gasteiger partial charge in [0.2, 0.25) is 5.91 Å². The predicted octanol–water partition coefficient (Wildman–Crippen LogP) is 1.25. The monoisotopic (exact) mass is 213 g/mol. The number of hydrogen-bond acceptors (Lipinski definition) is 3. The number of amides is 1. The summed E-state index contributed by atoms with van der Waals surface area (Å²) in [5.74, 6) is 0.462. The first-order valence-corrected chi connectivity index (χ1v) is 5.50. The van der Waals surface area contributed by atoms with E-state index in [9.17, 15) is 4.79 Å². The van der Waals surface area contributed by atoms with Gasteiger partial charge in [0.15, 0.2) is 0 Å². The molecule has 0 aliphatic heterocycles. The van der Waals surface area contributed by atoms with Crippen LogP contribution in [0.5, 0.6) is 0 Å². The van der Waals surface area contributed by atoms with E-state index in [1.807, 2.05) is 27.7 Å². The Hall–Kier alpha value is -0.900. The Bertz CT molecular complexity index is 226. The van der Waals surface area contributed by atoms with Gasteiger partial charge in [-0.2, -0.15) is 0 Å². The number of carbonyl (C=O) groups excluding carboxylic acids is 1. The zero-order chi connectivity index (χ0) is 12.0. The van der Waals surface area contributed by atoms with E-state index < -0.39 is 0 Å². The first-order chi connectivity index (χ1) is 6.93. The molecule has 0 fully saturated rings. The molecule has 0 radical (unpaired) electrons. The van der Waals surface area contributed by atoms with Gasteiger partial charge in [-0.25, -0.2) is 0 Å². The summed E-state index contributed by atoms with van der Waals surface area (Å²) in [5.41, 5.74) is 5.82. The molecule has 0 heterocycles. The van der Waals surface area contributed by atoms with Crippen molar-refractivity contribution in [2.75, 3.05) is 13.1 Å². The highest BCUT2D eigenvalue weighted by Crippen LogP contribution is 2.08. The number of nitrogens with zero attached hydrogens (tertiary/aromatic N) is 1. The lowest BCUT2D eigenvalue weighted by Crippen LogP contribution is -2.45. The van der Waals surface area contributed by atoms with Gasteiger partial charge < -0.3 is 16.0 Å². The van der Waals surface area contributed by atoms with Crippen LogP contribution in [-0.2, 0) is 4.79 Å². The van der Waals surface area contributed by atoms with E-state index in [0.29, 0.717) is 24.6 Å². The van der Waals surface area contributed by atoms with E-state index >= 15 is 0 Å². The minimum absolute atomic E-state index is 0.109. The van der Waals surface area contributed by atoms with E-state index in [0.717, 1.165) is 0 Å². The van der Waals surface area contributed by atoms with Crippen molar-refractivity contribution < 1.29 is 4.79 Å². The second-order valence-corrected chi connectivity index (χ2v) is 4.18. The highest BCUT2D eigenvalue weighted by Gasteiger charge is 2.21. The molecular weight excluding hydrogens is 190 g/mol. The van der Waals surface area contributed by atoms with Crippen molar-refractivity contribution >= 4 is 11.6 Å². The van der Waals surface area contributed by atoms with Gasteiger partial charge >= 0.3 is 0 Å². The third-order valence-electron chi connectivity index (χ3n) is 2.44. The van der Waals surface area contributed by atoms with Crippen LogP contribution in [-0.4, -0.2) is 35.7 Å². The van der Waals surface area contributed by atoms with Gasteiger partial charge in [-0.15, -0.1) is 0 Å². The Morgan fingerprint density at radius 1 is 1.40 bits per heavy atom. The zero-order valence-corrected chi connectivity index (χ0v) is 10.2. The molecule has 0 saturated heterocycles. The fourth-order valence-corrected chi connectivity index (χ4v) is 1.49. The van der Waals surface area contributed by atoms with Gasteiger partial charge in [0, 0.05) is 25.2 Å². The largest absolute Gasteiger partial charge is 0.335 e. The summed E-state index contributed by atoms with van der Waals surface area (Å²) in [6.45, 7) is 8.67. The Labute approximate surface area is 92.3 Å². The second-order valence-electron chi connectivity index (χ2n) is 4.18. The lowest BCUT2D eigenvalue weighted by Gasteiger charge is -2.28. The summed E-state index contributed by atoms with van der Waals surface area (Å²) >= 11 is 0. The molecule has 1 atom stereocenters. The Balaban J connectivity index is 4.47. The highest BCUT2D eigenvalue weighted by molar-refractivity contribution is 5.91. The van der Waals surface area contributed by atoms with Gasteiger partial charge in [0.05, 0.1) is 6.04 Å². The summed E-state index contributed by atoms with van der Waals surface area (Å²) in [7, 11) is 0. The van der Waals surface area contributed by atoms with Gasteiger partial charge in [0.25, 0.3) is 0 Å². The van der Waals surface area contributed by atoms with Crippen LogP contribution in [0, 0.1) is 11.3 Å². The maximum Gasteiger partial charge on any atom is 0.223 e. The van der Waals surface area contributed by atoms with Gasteiger partial charge in [-0.3, -0.25) is 4.79 Å². The van der Waals surface area contributed by atoms with Crippen LogP contribution in [0.15, 0.2) is 0 Å². The standard InChI is InChI=1S/C11H23N3O/c1-5-14(9(4)10(13)7-12)11(15)6-8(2)3/h8-9,13H,5-7,12H2,1-4H3/t9-/m0/s1. The number of hydrogen-bond donors (Lipinski definition) is 2. The van der Waals surface area contributed by atoms with Crippen LogP contribution in [0.25, 0.3) is 0 Å². The third kappa shape index (κ3) is 4.42. The molecule has 1 amide bonds. The maximum atomic E-state index is 11.8. The van der Waals surface area contributed by atoms with Crippen LogP contribution >= 0.6 is 0 Å². The van der Waals surface area contributed by atoms with Crippen molar-refractivity contribution in [1.29, 1.82) is 5.41 Å². The molecule has 0 spiro atoms. The molecule has 0 aromatic heterocycles. The fraction of sp³-hybridized carbons (Fsp3) is 0.818. The van der Waals surface area contributed by atoms with Crippen molar-refractivity contribution in [3.05, 3.63) is 0 Å². The van der Waals surface area contributed by atoms with Crippen LogP contribution in [0.2, 0.25) is 0 Å². The molecule has 3 N–H and O–H groups in total. The van der Waals surface area contributed by atoms with E-state index in [1.165, 1.54) is 0 Å². The van der Waals surface area contributed by atoms with E-state index in [2.05, 4.69) is 0 Å². The predicted molar refractivity (Wildman–Crippen MR) is 63.1 cm³/mol. The summed E-state index contributed by atoms with van der Waals surface area (Å²) in [6.07, 6.45) is 0.538. The molecular formula is C11H23N3O. The minimum Gasteiger partial charge on any atom is -0.335 e. The second kappa shape index (κ2) is 6.56. The molecule has 0 unspecified atom stereocenters. The van der Waals surface area contributed by atoms with Crippen LogP contribution in [0.3, 0.4) is 0 Å². The first-order valence-electron chi connectivity index (χ1n) is 5.50. The molecule has 4 heteroatoms. The van der Waals surface area contributed by atoms with Crippen molar-refractivity contribution in [1.82, 2.24) is 4.90 Å². The summed E-state index contributed by atoms with van der Waals surface area (Å²) in [4.78, 5) is 13.6. The van der Waals surface area contributed by atoms with Crippen molar-refractivity contribution in [3.63, 3.8) is 0 Å². The summed E-state index contributed by atoms with van der Waals surface area (Å²) in [6, 6.07) is -0.175. The summed E-state index contributed by atoms with van der Waals surface area (Å²) in [5, 5.41) is 7.63. The first kappa shape index (κ1) is 14.1. The zero-order valence-electron chi connectivity index (χ0n) is 10.2. The van der Waals surface area contributed by atoms with Crippen molar-refractivity contribution in [3.8, 4) is 0 Å². The number of rotatable bonds is 6. The summed E-state index contributed by atoms with van der Waals surface area (Å²) < 4.78 is 0. The Kier molecular flexibility index (Phi) is 6.17. The normalized spacial score (nSPS) is 12.7. The maximum absolute atomic E-state index is 11.8. The third-order valence-corrected chi connectivity index (χ3v) is 2.44. The topological polar surface area (TPSA) is 70.2 Å². The van der Waals surface area contributed by atoms with E-state index in [1.54, 1.807) is 4.90 Å². The molecule has 0 saturated carbocycles. The molecule has 0 aromatic rings. The Morgan fingerprint density at radius 2 is 1.93 bits per heavy atom. The van der Waals surface area contributed by atoms with E-state index in [4.69, 9.17) is 11.1 Å². The SMILES string of the molecule is CCN(C(=O)CC(C)C)[C@@H](C)C(=N)CN. The van der Waals surface area contributed by atoms with Crippen LogP contribution < -0.4 is 5.73 Å². The molecule has 0 aromatic carbocycles. The number of nitrogens with two attached hydrogens (primary N) is 1. The van der Waals surface area contributed by atoms with Gasteiger partial charge in [0.1, 0.15) is 0 Å². The number of nitrogens with one attached hydrogen (secondary N) is 1. The van der Waals surface area contributed by atoms with Crippen LogP contribution in [0.1, 0.15) is 34.1 Å². The van der Waals surface area contributed by atoms with Crippen molar-refractivity contribution in [2.24, 2.45) is 11.7 Å². The average Bonchev–Trinajstić information content (AvgIpc) is 2.16. The van der Waals surface area contributed by atoms with Crippen molar-refractivity contribution in [2.45, 2.75) is 40.2 Å². The molecule has 0 rings (SSSR count). The Morgan fingerprint density at radius 3 is 2.27 bits per heavy atom. The molecule has 0 bridgehead atoms. The highest BCUT2D eigenvalue weighted by atomic mass is 16.2.